The number of pyridine rings is 1. The first-order valence-corrected chi connectivity index (χ1v) is 9.57. The normalized spacial score (nSPS) is 18.1. The number of piperidine rings is 1. The Morgan fingerprint density at radius 1 is 1.27 bits per heavy atom. The standard InChI is InChI=1S/C16H23N3O2S/c1-3-22(20,21)15-6-8-18(9-7-15)12-14-10-17-16-5-4-13(2)11-19(14)16/h4-5,10-11,15H,3,6-9,12H2,1-2H3. The number of likely N-dealkylation sites (tertiary alicyclic amines) is 1. The molecule has 0 aliphatic carbocycles. The summed E-state index contributed by atoms with van der Waals surface area (Å²) in [6.45, 7) is 6.31. The molecule has 22 heavy (non-hydrogen) atoms. The number of fused-ring (bicyclic) bond motifs is 1. The molecule has 6 heteroatoms. The smallest absolute Gasteiger partial charge is 0.152 e. The maximum Gasteiger partial charge on any atom is 0.152 e. The zero-order chi connectivity index (χ0) is 15.7. The van der Waals surface area contributed by atoms with Crippen LogP contribution in [0.5, 0.6) is 0 Å². The van der Waals surface area contributed by atoms with Gasteiger partial charge in [-0.1, -0.05) is 13.0 Å². The van der Waals surface area contributed by atoms with Crippen molar-refractivity contribution in [2.24, 2.45) is 0 Å². The van der Waals surface area contributed by atoms with E-state index in [0.717, 1.165) is 43.8 Å². The quantitative estimate of drug-likeness (QED) is 0.865. The van der Waals surface area contributed by atoms with E-state index < -0.39 is 9.84 Å². The molecule has 2 aromatic rings. The van der Waals surface area contributed by atoms with Crippen molar-refractivity contribution in [1.82, 2.24) is 14.3 Å². The molecule has 0 aromatic carbocycles. The summed E-state index contributed by atoms with van der Waals surface area (Å²) >= 11 is 0. The van der Waals surface area contributed by atoms with Gasteiger partial charge in [0, 0.05) is 18.5 Å². The van der Waals surface area contributed by atoms with Gasteiger partial charge >= 0.3 is 0 Å². The third kappa shape index (κ3) is 3.03. The Kier molecular flexibility index (Phi) is 4.23. The van der Waals surface area contributed by atoms with Crippen molar-refractivity contribution in [3.8, 4) is 0 Å². The predicted octanol–water partition coefficient (Wildman–Crippen LogP) is 2.04. The van der Waals surface area contributed by atoms with E-state index in [1.54, 1.807) is 6.92 Å². The van der Waals surface area contributed by atoms with E-state index in [1.807, 2.05) is 12.3 Å². The van der Waals surface area contributed by atoms with Gasteiger partial charge in [-0.15, -0.1) is 0 Å². The Hall–Kier alpha value is -1.40. The molecular weight excluding hydrogens is 298 g/mol. The minimum Gasteiger partial charge on any atom is -0.303 e. The van der Waals surface area contributed by atoms with Crippen LogP contribution in [-0.2, 0) is 16.4 Å². The van der Waals surface area contributed by atoms with E-state index >= 15 is 0 Å². The highest BCUT2D eigenvalue weighted by Crippen LogP contribution is 2.20. The summed E-state index contributed by atoms with van der Waals surface area (Å²) in [5.74, 6) is 0.254. The molecule has 0 bridgehead atoms. The van der Waals surface area contributed by atoms with Crippen LogP contribution < -0.4 is 0 Å². The number of hydrogen-bond acceptors (Lipinski definition) is 4. The molecule has 0 amide bonds. The van der Waals surface area contributed by atoms with Crippen molar-refractivity contribution in [1.29, 1.82) is 0 Å². The van der Waals surface area contributed by atoms with Gasteiger partial charge < -0.3 is 4.40 Å². The Bertz CT molecular complexity index is 759. The van der Waals surface area contributed by atoms with Crippen molar-refractivity contribution in [2.75, 3.05) is 18.8 Å². The summed E-state index contributed by atoms with van der Waals surface area (Å²) in [5.41, 5.74) is 3.33. The molecule has 1 saturated heterocycles. The lowest BCUT2D eigenvalue weighted by molar-refractivity contribution is 0.219. The van der Waals surface area contributed by atoms with Crippen molar-refractivity contribution < 1.29 is 8.42 Å². The summed E-state index contributed by atoms with van der Waals surface area (Å²) in [5, 5.41) is -0.154. The molecule has 0 spiro atoms. The Balaban J connectivity index is 1.69. The molecule has 3 heterocycles. The molecule has 0 unspecified atom stereocenters. The molecular formula is C16H23N3O2S. The zero-order valence-electron chi connectivity index (χ0n) is 13.2. The monoisotopic (exact) mass is 321 g/mol. The van der Waals surface area contributed by atoms with E-state index in [1.165, 1.54) is 5.56 Å². The fraction of sp³-hybridized carbons (Fsp3) is 0.562. The Morgan fingerprint density at radius 2 is 2.00 bits per heavy atom. The van der Waals surface area contributed by atoms with Crippen LogP contribution in [0.15, 0.2) is 24.5 Å². The van der Waals surface area contributed by atoms with Gasteiger partial charge in [0.05, 0.1) is 17.1 Å². The maximum absolute atomic E-state index is 12.0. The topological polar surface area (TPSA) is 54.7 Å². The zero-order valence-corrected chi connectivity index (χ0v) is 14.0. The molecule has 0 radical (unpaired) electrons. The second kappa shape index (κ2) is 6.01. The summed E-state index contributed by atoms with van der Waals surface area (Å²) in [4.78, 5) is 6.76. The van der Waals surface area contributed by atoms with Gasteiger partial charge in [-0.3, -0.25) is 4.90 Å². The van der Waals surface area contributed by atoms with E-state index in [4.69, 9.17) is 0 Å². The lowest BCUT2D eigenvalue weighted by Crippen LogP contribution is -2.39. The molecule has 1 fully saturated rings. The number of sulfone groups is 1. The average Bonchev–Trinajstić information content (AvgIpc) is 2.90. The SMILES string of the molecule is CCS(=O)(=O)C1CCN(Cc2cnc3ccc(C)cn23)CC1. The largest absolute Gasteiger partial charge is 0.303 e. The number of rotatable bonds is 4. The van der Waals surface area contributed by atoms with Gasteiger partial charge in [-0.2, -0.15) is 0 Å². The molecule has 2 aromatic heterocycles. The van der Waals surface area contributed by atoms with Gasteiger partial charge in [0.1, 0.15) is 5.65 Å². The molecule has 1 aliphatic rings. The third-order valence-electron chi connectivity index (χ3n) is 4.56. The second-order valence-corrected chi connectivity index (χ2v) is 8.68. The van der Waals surface area contributed by atoms with Crippen LogP contribution in [0.25, 0.3) is 5.65 Å². The highest BCUT2D eigenvalue weighted by Gasteiger charge is 2.28. The highest BCUT2D eigenvalue weighted by atomic mass is 32.2. The van der Waals surface area contributed by atoms with Crippen LogP contribution in [0, 0.1) is 6.92 Å². The first-order chi connectivity index (χ1) is 10.5. The van der Waals surface area contributed by atoms with Crippen LogP contribution in [-0.4, -0.2) is 46.8 Å². The average molecular weight is 321 g/mol. The molecule has 3 rings (SSSR count). The van der Waals surface area contributed by atoms with E-state index in [0.29, 0.717) is 0 Å². The van der Waals surface area contributed by atoms with Crippen LogP contribution in [0.4, 0.5) is 0 Å². The van der Waals surface area contributed by atoms with Crippen molar-refractivity contribution in [3.05, 3.63) is 35.8 Å². The minimum absolute atomic E-state index is 0.154. The summed E-state index contributed by atoms with van der Waals surface area (Å²) in [6, 6.07) is 4.09. The number of hydrogen-bond donors (Lipinski definition) is 0. The maximum atomic E-state index is 12.0. The molecule has 1 aliphatic heterocycles. The summed E-state index contributed by atoms with van der Waals surface area (Å²) in [7, 11) is -2.89. The number of aromatic nitrogens is 2. The third-order valence-corrected chi connectivity index (χ3v) is 6.85. The molecule has 5 nitrogen and oxygen atoms in total. The first kappa shape index (κ1) is 15.5. The minimum atomic E-state index is -2.89. The number of imidazole rings is 1. The first-order valence-electron chi connectivity index (χ1n) is 7.86. The molecule has 120 valence electrons. The van der Waals surface area contributed by atoms with Gasteiger partial charge in [0.2, 0.25) is 0 Å². The van der Waals surface area contributed by atoms with Crippen LogP contribution in [0.1, 0.15) is 31.0 Å². The summed E-state index contributed by atoms with van der Waals surface area (Å²) in [6.07, 6.45) is 5.51. The Morgan fingerprint density at radius 3 is 2.68 bits per heavy atom. The molecule has 0 atom stereocenters. The lowest BCUT2D eigenvalue weighted by atomic mass is 10.1. The molecule has 0 saturated carbocycles. The molecule has 0 N–H and O–H groups in total. The lowest BCUT2D eigenvalue weighted by Gasteiger charge is -2.31. The van der Waals surface area contributed by atoms with E-state index in [-0.39, 0.29) is 11.0 Å². The predicted molar refractivity (Wildman–Crippen MR) is 87.7 cm³/mol. The fourth-order valence-electron chi connectivity index (χ4n) is 3.15. The number of nitrogens with zero attached hydrogens (tertiary/aromatic N) is 3. The van der Waals surface area contributed by atoms with Gasteiger partial charge in [0.25, 0.3) is 0 Å². The van der Waals surface area contributed by atoms with Crippen LogP contribution in [0.2, 0.25) is 0 Å². The number of aryl methyl sites for hydroxylation is 1. The summed E-state index contributed by atoms with van der Waals surface area (Å²) < 4.78 is 26.0. The van der Waals surface area contributed by atoms with Gasteiger partial charge in [-0.25, -0.2) is 13.4 Å². The second-order valence-electron chi connectivity index (χ2n) is 6.11. The van der Waals surface area contributed by atoms with Gasteiger partial charge in [-0.05, 0) is 44.5 Å². The Labute approximate surface area is 131 Å². The highest BCUT2D eigenvalue weighted by molar-refractivity contribution is 7.92. The fourth-order valence-corrected chi connectivity index (χ4v) is 4.55. The van der Waals surface area contributed by atoms with E-state index in [9.17, 15) is 8.42 Å². The van der Waals surface area contributed by atoms with Crippen LogP contribution >= 0.6 is 0 Å². The van der Waals surface area contributed by atoms with E-state index in [2.05, 4.69) is 33.5 Å². The van der Waals surface area contributed by atoms with Gasteiger partial charge in [0.15, 0.2) is 9.84 Å². The van der Waals surface area contributed by atoms with Crippen molar-refractivity contribution >= 4 is 15.5 Å². The van der Waals surface area contributed by atoms with Crippen molar-refractivity contribution in [3.63, 3.8) is 0 Å². The van der Waals surface area contributed by atoms with Crippen LogP contribution in [0.3, 0.4) is 0 Å². The van der Waals surface area contributed by atoms with Crippen molar-refractivity contribution in [2.45, 2.75) is 38.5 Å².